The summed E-state index contributed by atoms with van der Waals surface area (Å²) in [5, 5.41) is 5.19. The van der Waals surface area contributed by atoms with Crippen molar-refractivity contribution in [2.75, 3.05) is 4.90 Å². The van der Waals surface area contributed by atoms with Gasteiger partial charge in [-0.15, -0.1) is 0 Å². The molecule has 0 amide bonds. The van der Waals surface area contributed by atoms with E-state index < -0.39 is 0 Å². The van der Waals surface area contributed by atoms with E-state index >= 15 is 0 Å². The van der Waals surface area contributed by atoms with Gasteiger partial charge in [-0.2, -0.15) is 0 Å². The number of hydrogen-bond donors (Lipinski definition) is 0. The molecule has 0 atom stereocenters. The summed E-state index contributed by atoms with van der Waals surface area (Å²) in [5.41, 5.74) is 35.5. The molecule has 0 unspecified atom stereocenters. The van der Waals surface area contributed by atoms with E-state index in [9.17, 15) is 0 Å². The van der Waals surface area contributed by atoms with Crippen LogP contribution in [0.25, 0.3) is 77.2 Å². The minimum Gasteiger partial charge on any atom is -0.312 e. The smallest absolute Gasteiger partial charge is 0.251 e. The van der Waals surface area contributed by atoms with Crippen LogP contribution in [-0.4, -0.2) is 22.6 Å². The van der Waals surface area contributed by atoms with Gasteiger partial charge >= 0.3 is 0 Å². The Morgan fingerprint density at radius 3 is 0.879 bits per heavy atom. The van der Waals surface area contributed by atoms with Crippen LogP contribution in [0.3, 0.4) is 0 Å². The average Bonchev–Trinajstić information content (AvgIpc) is 1.57. The molecule has 3 nitrogen and oxygen atoms in total. The maximum Gasteiger partial charge on any atom is 0.251 e. The number of anilines is 3. The first-order chi connectivity index (χ1) is 42.2. The van der Waals surface area contributed by atoms with Crippen molar-refractivity contribution >= 4 is 107 Å². The predicted octanol–water partition coefficient (Wildman–Crippen LogP) is 19.4. The van der Waals surface area contributed by atoms with Crippen molar-refractivity contribution in [3.8, 4) is 33.6 Å². The Hall–Kier alpha value is -7.49. The fourth-order valence-electron chi connectivity index (χ4n) is 16.1. The summed E-state index contributed by atoms with van der Waals surface area (Å²) in [7, 11) is 0. The standard InChI is InChI=1S/C86H95B2N3/c1-79(2,3)48-25-31-64-56(37-48)62-43-54(85(19,20)21)45-71-74(62)87(64)66-47-73(89-67-33-27-50(81(7,8)9)39-58(67)59-40-51(82(10,11)12)28-34-68(59)89)78(90-69-35-29-52(83(13,14)15)41-60(69)61-42-53(84(16,17)18)30-36-70(61)90)76-77(66)91(71)72-46-55(86(22,23)24)44-63-57-38-49(80(4,5)6)26-32-65(57)88(76)75(63)72/h25-47H,1-24H3. The normalized spacial score (nSPS) is 14.7. The first kappa shape index (κ1) is 59.8. The van der Waals surface area contributed by atoms with Crippen LogP contribution >= 0.6 is 0 Å². The molecule has 91 heavy (non-hydrogen) atoms. The monoisotopic (exact) mass is 1190 g/mol. The SMILES string of the molecule is CC(C)(C)c1ccc2c(c1)-c1cc(C(C)(C)C)cc3c1B2c1cc(-n2c4ccc(C(C)(C)C)cc4c4cc(C(C)(C)C)ccc42)c(-n2c4ccc(C(C)(C)C)cc4c4cc(C(C)(C)C)ccc42)c2c1N3c1cc(C(C)(C)C)cc3c1B2c1ccc(C(C)(C)C)cc1-3. The largest absolute Gasteiger partial charge is 0.312 e. The lowest BCUT2D eigenvalue weighted by atomic mass is 9.32. The Morgan fingerprint density at radius 1 is 0.231 bits per heavy atom. The third-order valence-electron chi connectivity index (χ3n) is 21.7. The number of rotatable bonds is 2. The zero-order valence-electron chi connectivity index (χ0n) is 59.3. The van der Waals surface area contributed by atoms with Gasteiger partial charge in [0.05, 0.1) is 33.4 Å². The lowest BCUT2D eigenvalue weighted by Gasteiger charge is -2.45. The molecule has 4 aliphatic rings. The maximum absolute atomic E-state index is 2.85. The fraction of sp³-hybridized carbons (Fsp3) is 0.372. The van der Waals surface area contributed by atoms with Crippen molar-refractivity contribution in [2.45, 2.75) is 209 Å². The summed E-state index contributed by atoms with van der Waals surface area (Å²) in [5.74, 6) is 0. The van der Waals surface area contributed by atoms with E-state index in [0.717, 1.165) is 0 Å². The van der Waals surface area contributed by atoms with Crippen LogP contribution in [0.1, 0.15) is 211 Å². The molecule has 4 aliphatic heterocycles. The Balaban J connectivity index is 1.23. The molecule has 0 saturated heterocycles. The van der Waals surface area contributed by atoms with Crippen molar-refractivity contribution in [1.29, 1.82) is 0 Å². The highest BCUT2D eigenvalue weighted by atomic mass is 15.2. The molecular formula is C86H95B2N3. The van der Waals surface area contributed by atoms with Gasteiger partial charge in [0.25, 0.3) is 6.71 Å². The van der Waals surface area contributed by atoms with Gasteiger partial charge in [0.15, 0.2) is 0 Å². The van der Waals surface area contributed by atoms with Crippen LogP contribution in [0.4, 0.5) is 17.1 Å². The van der Waals surface area contributed by atoms with Crippen LogP contribution in [0.2, 0.25) is 0 Å². The number of fused-ring (bicyclic) bond motifs is 16. The zero-order chi connectivity index (χ0) is 65.0. The van der Waals surface area contributed by atoms with E-state index in [4.69, 9.17) is 0 Å². The van der Waals surface area contributed by atoms with Gasteiger partial charge < -0.3 is 14.0 Å². The van der Waals surface area contributed by atoms with Gasteiger partial charge in [-0.1, -0.05) is 250 Å². The van der Waals surface area contributed by atoms with Gasteiger partial charge in [-0.25, -0.2) is 0 Å². The van der Waals surface area contributed by atoms with E-state index in [1.54, 1.807) is 0 Å². The number of nitrogens with zero attached hydrogens (tertiary/aromatic N) is 3. The zero-order valence-corrected chi connectivity index (χ0v) is 59.3. The lowest BCUT2D eigenvalue weighted by molar-refractivity contribution is 0.589. The molecular weight excluding hydrogens is 1100 g/mol. The van der Waals surface area contributed by atoms with Crippen molar-refractivity contribution in [2.24, 2.45) is 0 Å². The average molecular weight is 1190 g/mol. The topological polar surface area (TPSA) is 13.1 Å². The van der Waals surface area contributed by atoms with Crippen LogP contribution in [0.15, 0.2) is 140 Å². The second-order valence-corrected chi connectivity index (χ2v) is 36.4. The van der Waals surface area contributed by atoms with E-state index in [2.05, 4.69) is 320 Å². The van der Waals surface area contributed by atoms with Crippen LogP contribution in [0.5, 0.6) is 0 Å². The predicted molar refractivity (Wildman–Crippen MR) is 400 cm³/mol. The highest BCUT2D eigenvalue weighted by molar-refractivity contribution is 7.06. The second kappa shape index (κ2) is 18.6. The Morgan fingerprint density at radius 2 is 0.527 bits per heavy atom. The Kier molecular flexibility index (Phi) is 12.2. The van der Waals surface area contributed by atoms with Gasteiger partial charge in [0.2, 0.25) is 6.71 Å². The number of benzene rings is 9. The molecule has 0 bridgehead atoms. The van der Waals surface area contributed by atoms with Crippen molar-refractivity contribution in [3.63, 3.8) is 0 Å². The molecule has 0 N–H and O–H groups in total. The van der Waals surface area contributed by atoms with Gasteiger partial charge in [-0.3, -0.25) is 0 Å². The molecule has 0 spiro atoms. The highest BCUT2D eigenvalue weighted by Gasteiger charge is 2.53. The molecule has 9 aromatic carbocycles. The van der Waals surface area contributed by atoms with Crippen molar-refractivity contribution in [1.82, 2.24) is 9.13 Å². The van der Waals surface area contributed by atoms with E-state index in [1.165, 1.54) is 172 Å². The molecule has 460 valence electrons. The lowest BCUT2D eigenvalue weighted by Crippen LogP contribution is -2.64. The summed E-state index contributed by atoms with van der Waals surface area (Å²) in [6, 6.07) is 58.3. The summed E-state index contributed by atoms with van der Waals surface area (Å²) in [6.45, 7) is 57.1. The van der Waals surface area contributed by atoms with Crippen molar-refractivity contribution < 1.29 is 0 Å². The summed E-state index contributed by atoms with van der Waals surface area (Å²) < 4.78 is 5.51. The molecule has 11 aromatic rings. The van der Waals surface area contributed by atoms with Crippen LogP contribution in [-0.2, 0) is 43.3 Å². The van der Waals surface area contributed by atoms with Gasteiger partial charge in [0, 0.05) is 38.6 Å². The second-order valence-electron chi connectivity index (χ2n) is 36.4. The minimum atomic E-state index is -0.131. The fourth-order valence-corrected chi connectivity index (χ4v) is 16.1. The third-order valence-corrected chi connectivity index (χ3v) is 21.7. The summed E-state index contributed by atoms with van der Waals surface area (Å²) in [6.07, 6.45) is 0. The first-order valence-electron chi connectivity index (χ1n) is 34.1. The molecule has 15 rings (SSSR count). The summed E-state index contributed by atoms with van der Waals surface area (Å²) >= 11 is 0. The number of hydrogen-bond acceptors (Lipinski definition) is 1. The Bertz CT molecular complexity index is 4840. The van der Waals surface area contributed by atoms with Gasteiger partial charge in [0.1, 0.15) is 0 Å². The quantitative estimate of drug-likeness (QED) is 0.157. The minimum absolute atomic E-state index is 0.0355. The van der Waals surface area contributed by atoms with Crippen LogP contribution in [0, 0.1) is 0 Å². The van der Waals surface area contributed by atoms with E-state index in [0.29, 0.717) is 0 Å². The number of aromatic nitrogens is 2. The molecule has 6 heterocycles. The molecule has 5 heteroatoms. The molecule has 2 aromatic heterocycles. The first-order valence-corrected chi connectivity index (χ1v) is 34.1. The molecule has 0 aliphatic carbocycles. The van der Waals surface area contributed by atoms with E-state index in [-0.39, 0.29) is 56.7 Å². The van der Waals surface area contributed by atoms with E-state index in [1.807, 2.05) is 0 Å². The van der Waals surface area contributed by atoms with Crippen molar-refractivity contribution in [3.05, 3.63) is 184 Å². The third kappa shape index (κ3) is 8.80. The molecule has 0 saturated carbocycles. The molecule has 0 fully saturated rings. The van der Waals surface area contributed by atoms with Gasteiger partial charge in [-0.05, 0) is 199 Å². The van der Waals surface area contributed by atoms with Crippen LogP contribution < -0.4 is 37.7 Å². The highest BCUT2D eigenvalue weighted by Crippen LogP contribution is 2.51. The molecule has 0 radical (unpaired) electrons. The Labute approximate surface area is 544 Å². The summed E-state index contributed by atoms with van der Waals surface area (Å²) in [4.78, 5) is 2.85. The maximum atomic E-state index is 2.85.